The number of carbonyl (C=O) groups excluding carboxylic acids is 1. The first-order valence-corrected chi connectivity index (χ1v) is 10.7. The van der Waals surface area contributed by atoms with Crippen molar-refractivity contribution in [3.63, 3.8) is 0 Å². The second-order valence-corrected chi connectivity index (χ2v) is 8.13. The van der Waals surface area contributed by atoms with Gasteiger partial charge in [-0.1, -0.05) is 12.1 Å². The Labute approximate surface area is 193 Å². The van der Waals surface area contributed by atoms with E-state index >= 15 is 0 Å². The molecule has 0 bridgehead atoms. The van der Waals surface area contributed by atoms with Crippen LogP contribution >= 0.6 is 12.2 Å². The topological polar surface area (TPSA) is 71.5 Å². The molecule has 0 spiro atoms. The Bertz CT molecular complexity index is 1160. The Balaban J connectivity index is 1.31. The van der Waals surface area contributed by atoms with Crippen molar-refractivity contribution >= 4 is 23.8 Å². The maximum Gasteiger partial charge on any atom is 0.418 e. The molecule has 0 aliphatic carbocycles. The first kappa shape index (κ1) is 23.2. The second-order valence-electron chi connectivity index (χ2n) is 7.77. The monoisotopic (exact) mass is 480 g/mol. The van der Waals surface area contributed by atoms with E-state index in [0.29, 0.717) is 49.2 Å². The van der Waals surface area contributed by atoms with Crippen LogP contribution in [0.1, 0.15) is 5.56 Å². The molecule has 176 valence electrons. The first-order chi connectivity index (χ1) is 15.7. The zero-order valence-electron chi connectivity index (χ0n) is 17.9. The molecule has 0 unspecified atom stereocenters. The second kappa shape index (κ2) is 9.49. The maximum atomic E-state index is 13.1. The van der Waals surface area contributed by atoms with Crippen molar-refractivity contribution in [3.8, 4) is 11.6 Å². The van der Waals surface area contributed by atoms with Crippen molar-refractivity contribution in [2.75, 3.05) is 38.0 Å². The molecule has 1 saturated heterocycles. The number of rotatable bonds is 6. The van der Waals surface area contributed by atoms with Crippen LogP contribution in [0.25, 0.3) is 11.6 Å². The van der Waals surface area contributed by atoms with Gasteiger partial charge in [-0.15, -0.1) is 5.10 Å². The van der Waals surface area contributed by atoms with Gasteiger partial charge in [0, 0.05) is 33.2 Å². The highest BCUT2D eigenvalue weighted by atomic mass is 32.1. The first-order valence-electron chi connectivity index (χ1n) is 10.3. The van der Waals surface area contributed by atoms with Crippen LogP contribution < -0.4 is 5.32 Å². The number of nitrogens with one attached hydrogen (secondary N) is 1. The summed E-state index contributed by atoms with van der Waals surface area (Å²) in [5.74, 6) is 0.792. The molecule has 1 aliphatic heterocycles. The summed E-state index contributed by atoms with van der Waals surface area (Å²) in [7, 11) is 1.83. The van der Waals surface area contributed by atoms with E-state index < -0.39 is 17.6 Å². The molecule has 8 nitrogen and oxygen atoms in total. The SMILES string of the molecule is Cn1c(-c2ccco2)nn(CN2CCN(CC(=O)Nc3ccccc3C(F)(F)F)CC2)c1=S. The van der Waals surface area contributed by atoms with Gasteiger partial charge in [0.2, 0.25) is 5.91 Å². The highest BCUT2D eigenvalue weighted by molar-refractivity contribution is 7.71. The lowest BCUT2D eigenvalue weighted by Gasteiger charge is -2.34. The molecule has 1 aliphatic rings. The molecule has 2 aromatic heterocycles. The fraction of sp³-hybridized carbons (Fsp3) is 0.381. The van der Waals surface area contributed by atoms with Crippen molar-refractivity contribution in [1.29, 1.82) is 0 Å². The Morgan fingerprint density at radius 1 is 1.12 bits per heavy atom. The van der Waals surface area contributed by atoms with Crippen molar-refractivity contribution in [2.45, 2.75) is 12.8 Å². The number of hydrogen-bond donors (Lipinski definition) is 1. The van der Waals surface area contributed by atoms with E-state index in [-0.39, 0.29) is 12.2 Å². The molecular weight excluding hydrogens is 457 g/mol. The zero-order chi connectivity index (χ0) is 23.6. The predicted octanol–water partition coefficient (Wildman–Crippen LogP) is 3.44. The average Bonchev–Trinajstić information content (AvgIpc) is 3.39. The van der Waals surface area contributed by atoms with E-state index in [1.165, 1.54) is 18.2 Å². The van der Waals surface area contributed by atoms with E-state index in [1.807, 2.05) is 18.0 Å². The highest BCUT2D eigenvalue weighted by Crippen LogP contribution is 2.34. The number of halogens is 3. The summed E-state index contributed by atoms with van der Waals surface area (Å²) in [6.45, 7) is 3.04. The van der Waals surface area contributed by atoms with Gasteiger partial charge in [0.1, 0.15) is 0 Å². The van der Waals surface area contributed by atoms with Crippen LogP contribution in [0.3, 0.4) is 0 Å². The molecular formula is C21H23F3N6O2S. The lowest BCUT2D eigenvalue weighted by atomic mass is 10.1. The van der Waals surface area contributed by atoms with Crippen molar-refractivity contribution in [1.82, 2.24) is 24.1 Å². The molecule has 0 saturated carbocycles. The summed E-state index contributed by atoms with van der Waals surface area (Å²) >= 11 is 5.49. The summed E-state index contributed by atoms with van der Waals surface area (Å²) in [6, 6.07) is 8.57. The van der Waals surface area contributed by atoms with Gasteiger partial charge in [-0.25, -0.2) is 4.68 Å². The van der Waals surface area contributed by atoms with Crippen LogP contribution in [0.2, 0.25) is 0 Å². The molecule has 0 atom stereocenters. The lowest BCUT2D eigenvalue weighted by Crippen LogP contribution is -2.49. The minimum atomic E-state index is -4.53. The van der Waals surface area contributed by atoms with Crippen molar-refractivity contribution in [3.05, 3.63) is 53.0 Å². The zero-order valence-corrected chi connectivity index (χ0v) is 18.7. The largest absolute Gasteiger partial charge is 0.461 e. The van der Waals surface area contributed by atoms with Gasteiger partial charge in [-0.2, -0.15) is 13.2 Å². The van der Waals surface area contributed by atoms with Gasteiger partial charge in [0.05, 0.1) is 30.7 Å². The number of alkyl halides is 3. The Kier molecular flexibility index (Phi) is 6.68. The molecule has 12 heteroatoms. The van der Waals surface area contributed by atoms with Crippen LogP contribution in [0.15, 0.2) is 47.1 Å². The molecule has 0 radical (unpaired) electrons. The average molecular weight is 481 g/mol. The number of hydrogen-bond acceptors (Lipinski definition) is 6. The smallest absolute Gasteiger partial charge is 0.418 e. The number of nitrogens with zero attached hydrogens (tertiary/aromatic N) is 5. The summed E-state index contributed by atoms with van der Waals surface area (Å²) in [4.78, 5) is 16.4. The lowest BCUT2D eigenvalue weighted by molar-refractivity contribution is -0.137. The van der Waals surface area contributed by atoms with Gasteiger partial charge in [-0.05, 0) is 36.5 Å². The van der Waals surface area contributed by atoms with Gasteiger partial charge >= 0.3 is 6.18 Å². The number of anilines is 1. The number of para-hydroxylation sites is 1. The third-order valence-corrected chi connectivity index (χ3v) is 5.94. The van der Waals surface area contributed by atoms with Crippen LogP contribution in [0, 0.1) is 4.77 Å². The number of furan rings is 1. The Morgan fingerprint density at radius 2 is 1.82 bits per heavy atom. The fourth-order valence-electron chi connectivity index (χ4n) is 3.71. The summed E-state index contributed by atoms with van der Waals surface area (Å²) in [5.41, 5.74) is -1.09. The summed E-state index contributed by atoms with van der Waals surface area (Å²) in [6.07, 6.45) is -2.95. The molecule has 1 aromatic carbocycles. The fourth-order valence-corrected chi connectivity index (χ4v) is 3.90. The third kappa shape index (κ3) is 5.34. The molecule has 33 heavy (non-hydrogen) atoms. The minimum Gasteiger partial charge on any atom is -0.461 e. The molecule has 1 fully saturated rings. The molecule has 4 rings (SSSR count). The standard InChI is InChI=1S/C21H23F3N6O2S/c1-27-19(17-7-4-12-32-17)26-30(20(27)33)14-29-10-8-28(9-11-29)13-18(31)25-16-6-3-2-5-15(16)21(22,23)24/h2-7,12H,8-11,13-14H2,1H3,(H,25,31). The van der Waals surface area contributed by atoms with Crippen LogP contribution in [-0.4, -0.2) is 62.8 Å². The number of aromatic nitrogens is 3. The number of benzene rings is 1. The Hall–Kier alpha value is -2.96. The van der Waals surface area contributed by atoms with Crippen LogP contribution in [0.5, 0.6) is 0 Å². The van der Waals surface area contributed by atoms with Crippen LogP contribution in [0.4, 0.5) is 18.9 Å². The number of piperazine rings is 1. The van der Waals surface area contributed by atoms with E-state index in [4.69, 9.17) is 16.6 Å². The van der Waals surface area contributed by atoms with Gasteiger partial charge < -0.3 is 14.3 Å². The number of amides is 1. The molecule has 1 N–H and O–H groups in total. The van der Waals surface area contributed by atoms with Crippen LogP contribution in [-0.2, 0) is 24.7 Å². The quantitative estimate of drug-likeness (QED) is 0.545. The van der Waals surface area contributed by atoms with Gasteiger partial charge in [0.25, 0.3) is 0 Å². The molecule has 3 aromatic rings. The number of carbonyl (C=O) groups is 1. The van der Waals surface area contributed by atoms with Gasteiger partial charge in [0.15, 0.2) is 16.4 Å². The van der Waals surface area contributed by atoms with Gasteiger partial charge in [-0.3, -0.25) is 14.6 Å². The van der Waals surface area contributed by atoms with Crippen molar-refractivity contribution in [2.24, 2.45) is 7.05 Å². The molecule has 3 heterocycles. The Morgan fingerprint density at radius 3 is 2.48 bits per heavy atom. The van der Waals surface area contributed by atoms with Crippen molar-refractivity contribution < 1.29 is 22.4 Å². The third-order valence-electron chi connectivity index (χ3n) is 5.46. The van der Waals surface area contributed by atoms with E-state index in [2.05, 4.69) is 15.3 Å². The highest BCUT2D eigenvalue weighted by Gasteiger charge is 2.33. The molecule has 1 amide bonds. The normalized spacial score (nSPS) is 15.6. The summed E-state index contributed by atoms with van der Waals surface area (Å²) in [5, 5.41) is 6.95. The van der Waals surface area contributed by atoms with E-state index in [1.54, 1.807) is 21.6 Å². The van der Waals surface area contributed by atoms with E-state index in [9.17, 15) is 18.0 Å². The van der Waals surface area contributed by atoms with E-state index in [0.717, 1.165) is 6.07 Å². The predicted molar refractivity (Wildman–Crippen MR) is 118 cm³/mol. The summed E-state index contributed by atoms with van der Waals surface area (Å²) < 4.78 is 48.9. The maximum absolute atomic E-state index is 13.1. The minimum absolute atomic E-state index is 0.0195.